The summed E-state index contributed by atoms with van der Waals surface area (Å²) in [4.78, 5) is 0. The van der Waals surface area contributed by atoms with E-state index in [9.17, 15) is 0 Å². The molecule has 0 aliphatic carbocycles. The molecule has 0 aromatic rings. The number of ether oxygens (including phenoxy) is 2. The molecule has 14 heavy (non-hydrogen) atoms. The molecular weight excluding hydrogens is 178 g/mol. The fourth-order valence-corrected chi connectivity index (χ4v) is 1.56. The van der Waals surface area contributed by atoms with Crippen LogP contribution in [0.1, 0.15) is 26.7 Å². The zero-order chi connectivity index (χ0) is 10.4. The van der Waals surface area contributed by atoms with Gasteiger partial charge in [0.05, 0.1) is 19.3 Å². The van der Waals surface area contributed by atoms with Crippen molar-refractivity contribution in [2.24, 2.45) is 0 Å². The van der Waals surface area contributed by atoms with Crippen LogP contribution in [0.15, 0.2) is 0 Å². The van der Waals surface area contributed by atoms with Crippen molar-refractivity contribution in [2.45, 2.75) is 38.6 Å². The van der Waals surface area contributed by atoms with Crippen molar-refractivity contribution in [3.05, 3.63) is 0 Å². The lowest BCUT2D eigenvalue weighted by atomic mass is 10.1. The largest absolute Gasteiger partial charge is 0.350 e. The molecule has 1 heterocycles. The molecule has 0 radical (unpaired) electrons. The van der Waals surface area contributed by atoms with Crippen LogP contribution in [-0.2, 0) is 9.47 Å². The van der Waals surface area contributed by atoms with E-state index in [1.807, 2.05) is 13.8 Å². The summed E-state index contributed by atoms with van der Waals surface area (Å²) >= 11 is 0. The highest BCUT2D eigenvalue weighted by atomic mass is 16.7. The van der Waals surface area contributed by atoms with Crippen molar-refractivity contribution in [1.29, 1.82) is 0 Å². The quantitative estimate of drug-likeness (QED) is 0.541. The van der Waals surface area contributed by atoms with Crippen molar-refractivity contribution in [1.82, 2.24) is 5.32 Å². The Morgan fingerprint density at radius 1 is 1.57 bits per heavy atom. The fraction of sp³-hybridized carbons (Fsp3) is 0.818. The van der Waals surface area contributed by atoms with Gasteiger partial charge in [0.1, 0.15) is 0 Å². The highest BCUT2D eigenvalue weighted by Gasteiger charge is 2.28. The Balaban J connectivity index is 2.15. The van der Waals surface area contributed by atoms with E-state index < -0.39 is 5.79 Å². The molecule has 1 atom stereocenters. The minimum absolute atomic E-state index is 0.295. The van der Waals surface area contributed by atoms with Crippen molar-refractivity contribution in [3.8, 4) is 12.3 Å². The van der Waals surface area contributed by atoms with E-state index in [2.05, 4.69) is 11.2 Å². The van der Waals surface area contributed by atoms with E-state index in [0.717, 1.165) is 26.0 Å². The van der Waals surface area contributed by atoms with Gasteiger partial charge in [-0.15, -0.1) is 6.42 Å². The molecule has 0 aromatic heterocycles. The van der Waals surface area contributed by atoms with Crippen LogP contribution in [0.25, 0.3) is 0 Å². The summed E-state index contributed by atoms with van der Waals surface area (Å²) in [6.07, 6.45) is 7.39. The van der Waals surface area contributed by atoms with Gasteiger partial charge in [-0.2, -0.15) is 0 Å². The summed E-state index contributed by atoms with van der Waals surface area (Å²) < 4.78 is 11.2. The van der Waals surface area contributed by atoms with Crippen LogP contribution in [0.5, 0.6) is 0 Å². The van der Waals surface area contributed by atoms with E-state index in [-0.39, 0.29) is 0 Å². The highest BCUT2D eigenvalue weighted by molar-refractivity contribution is 4.86. The lowest BCUT2D eigenvalue weighted by Crippen LogP contribution is -2.40. The first kappa shape index (κ1) is 11.5. The van der Waals surface area contributed by atoms with Crippen molar-refractivity contribution in [2.75, 3.05) is 19.7 Å². The SMILES string of the molecule is C#CCNCC[C@H]1CCOC(C)(C)O1. The maximum atomic E-state index is 5.74. The number of nitrogens with one attached hydrogen (secondary N) is 1. The summed E-state index contributed by atoms with van der Waals surface area (Å²) in [6.45, 7) is 6.23. The summed E-state index contributed by atoms with van der Waals surface area (Å²) in [5, 5.41) is 3.15. The molecule has 0 unspecified atom stereocenters. The Labute approximate surface area is 86.2 Å². The monoisotopic (exact) mass is 197 g/mol. The standard InChI is InChI=1S/C11H19NO2/c1-4-7-12-8-5-10-6-9-13-11(2,3)14-10/h1,10,12H,5-9H2,2-3H3/t10-/m0/s1. The minimum Gasteiger partial charge on any atom is -0.350 e. The second-order valence-corrected chi connectivity index (χ2v) is 3.95. The van der Waals surface area contributed by atoms with Crippen LogP contribution in [0.4, 0.5) is 0 Å². The molecule has 1 aliphatic rings. The molecule has 0 saturated carbocycles. The average Bonchev–Trinajstić information content (AvgIpc) is 2.11. The molecule has 3 nitrogen and oxygen atoms in total. The molecule has 0 aromatic carbocycles. The third-order valence-corrected chi connectivity index (χ3v) is 2.21. The smallest absolute Gasteiger partial charge is 0.163 e. The first-order chi connectivity index (χ1) is 6.64. The van der Waals surface area contributed by atoms with Crippen LogP contribution >= 0.6 is 0 Å². The summed E-state index contributed by atoms with van der Waals surface area (Å²) in [7, 11) is 0. The van der Waals surface area contributed by atoms with Crippen LogP contribution in [-0.4, -0.2) is 31.6 Å². The van der Waals surface area contributed by atoms with Gasteiger partial charge in [-0.25, -0.2) is 0 Å². The topological polar surface area (TPSA) is 30.5 Å². The summed E-state index contributed by atoms with van der Waals surface area (Å²) in [5.74, 6) is 2.12. The number of terminal acetylenes is 1. The normalized spacial score (nSPS) is 25.6. The zero-order valence-corrected chi connectivity index (χ0v) is 9.01. The van der Waals surface area contributed by atoms with Gasteiger partial charge >= 0.3 is 0 Å². The Morgan fingerprint density at radius 3 is 3.00 bits per heavy atom. The van der Waals surface area contributed by atoms with Crippen LogP contribution < -0.4 is 5.32 Å². The second-order valence-electron chi connectivity index (χ2n) is 3.95. The van der Waals surface area contributed by atoms with Gasteiger partial charge in [0.2, 0.25) is 0 Å². The molecule has 0 spiro atoms. The van der Waals surface area contributed by atoms with Gasteiger partial charge in [0.15, 0.2) is 5.79 Å². The van der Waals surface area contributed by atoms with Crippen molar-refractivity contribution >= 4 is 0 Å². The van der Waals surface area contributed by atoms with E-state index in [1.165, 1.54) is 0 Å². The van der Waals surface area contributed by atoms with Gasteiger partial charge in [-0.1, -0.05) is 5.92 Å². The van der Waals surface area contributed by atoms with E-state index in [0.29, 0.717) is 12.6 Å². The molecule has 1 N–H and O–H groups in total. The summed E-state index contributed by atoms with van der Waals surface area (Å²) in [6, 6.07) is 0. The minimum atomic E-state index is -0.422. The predicted molar refractivity (Wildman–Crippen MR) is 55.8 cm³/mol. The van der Waals surface area contributed by atoms with Crippen LogP contribution in [0.2, 0.25) is 0 Å². The zero-order valence-electron chi connectivity index (χ0n) is 9.01. The first-order valence-corrected chi connectivity index (χ1v) is 5.10. The lowest BCUT2D eigenvalue weighted by molar-refractivity contribution is -0.273. The highest BCUT2D eigenvalue weighted by Crippen LogP contribution is 2.23. The van der Waals surface area contributed by atoms with Crippen LogP contribution in [0, 0.1) is 12.3 Å². The molecule has 0 bridgehead atoms. The molecule has 1 saturated heterocycles. The van der Waals surface area contributed by atoms with Gasteiger partial charge in [0, 0.05) is 0 Å². The maximum Gasteiger partial charge on any atom is 0.163 e. The van der Waals surface area contributed by atoms with Crippen LogP contribution in [0.3, 0.4) is 0 Å². The van der Waals surface area contributed by atoms with E-state index in [1.54, 1.807) is 0 Å². The molecule has 3 heteroatoms. The van der Waals surface area contributed by atoms with E-state index in [4.69, 9.17) is 15.9 Å². The predicted octanol–water partition coefficient (Wildman–Crippen LogP) is 1.14. The van der Waals surface area contributed by atoms with Crippen molar-refractivity contribution in [3.63, 3.8) is 0 Å². The second kappa shape index (κ2) is 5.35. The Morgan fingerprint density at radius 2 is 2.36 bits per heavy atom. The summed E-state index contributed by atoms with van der Waals surface area (Å²) in [5.41, 5.74) is 0. The van der Waals surface area contributed by atoms with Gasteiger partial charge in [-0.05, 0) is 33.2 Å². The fourth-order valence-electron chi connectivity index (χ4n) is 1.56. The van der Waals surface area contributed by atoms with E-state index >= 15 is 0 Å². The first-order valence-electron chi connectivity index (χ1n) is 5.10. The Kier molecular flexibility index (Phi) is 4.40. The number of hydrogen-bond acceptors (Lipinski definition) is 3. The molecule has 1 fully saturated rings. The van der Waals surface area contributed by atoms with Crippen molar-refractivity contribution < 1.29 is 9.47 Å². The molecule has 80 valence electrons. The van der Waals surface area contributed by atoms with Gasteiger partial charge in [0.25, 0.3) is 0 Å². The number of hydrogen-bond donors (Lipinski definition) is 1. The molecule has 0 amide bonds. The molecule has 1 aliphatic heterocycles. The Bertz CT molecular complexity index is 208. The third-order valence-electron chi connectivity index (χ3n) is 2.21. The average molecular weight is 197 g/mol. The van der Waals surface area contributed by atoms with Gasteiger partial charge < -0.3 is 14.8 Å². The molecule has 1 rings (SSSR count). The Hall–Kier alpha value is -0.560. The lowest BCUT2D eigenvalue weighted by Gasteiger charge is -2.36. The van der Waals surface area contributed by atoms with Gasteiger partial charge in [-0.3, -0.25) is 0 Å². The number of rotatable bonds is 4. The molecular formula is C11H19NO2. The maximum absolute atomic E-state index is 5.74. The third kappa shape index (κ3) is 4.10.